The molecule has 0 bridgehead atoms. The molecule has 0 aliphatic heterocycles. The Hall–Kier alpha value is -2.27. The molecule has 0 N–H and O–H groups in total. The van der Waals surface area contributed by atoms with Gasteiger partial charge in [0.15, 0.2) is 5.92 Å². The van der Waals surface area contributed by atoms with Crippen LogP contribution in [0.5, 0.6) is 0 Å². The molecule has 1 aliphatic carbocycles. The van der Waals surface area contributed by atoms with E-state index in [1.165, 1.54) is 4.52 Å². The minimum absolute atomic E-state index is 0.0264. The maximum absolute atomic E-state index is 13.1. The first kappa shape index (κ1) is 24.4. The molecular weight excluding hydrogens is 455 g/mol. The summed E-state index contributed by atoms with van der Waals surface area (Å²) in [5.41, 5.74) is 0.417. The number of nitrogens with zero attached hydrogens (tertiary/aromatic N) is 2. The van der Waals surface area contributed by atoms with Gasteiger partial charge < -0.3 is 0 Å². The van der Waals surface area contributed by atoms with Crippen LogP contribution in [-0.2, 0) is 17.4 Å². The molecular formula is C20H19F9N2O. The van der Waals surface area contributed by atoms with Gasteiger partial charge in [0.1, 0.15) is 5.78 Å². The number of ketones is 1. The molecule has 1 saturated carbocycles. The van der Waals surface area contributed by atoms with Gasteiger partial charge in [0.2, 0.25) is 0 Å². The molecule has 3 nitrogen and oxygen atoms in total. The van der Waals surface area contributed by atoms with Crippen LogP contribution in [0, 0.1) is 5.92 Å². The number of rotatable bonds is 7. The molecule has 1 fully saturated rings. The highest BCUT2D eigenvalue weighted by molar-refractivity contribution is 5.78. The van der Waals surface area contributed by atoms with E-state index < -0.39 is 48.6 Å². The van der Waals surface area contributed by atoms with Gasteiger partial charge in [-0.15, -0.1) is 0 Å². The molecule has 0 radical (unpaired) electrons. The van der Waals surface area contributed by atoms with Crippen molar-refractivity contribution in [2.75, 3.05) is 0 Å². The van der Waals surface area contributed by atoms with Gasteiger partial charge >= 0.3 is 18.5 Å². The third-order valence-corrected chi connectivity index (χ3v) is 5.68. The number of fused-ring (bicyclic) bond motifs is 1. The Labute approximate surface area is 176 Å². The molecule has 12 heteroatoms. The van der Waals surface area contributed by atoms with Crippen LogP contribution >= 0.6 is 0 Å². The van der Waals surface area contributed by atoms with Gasteiger partial charge in [0.05, 0.1) is 16.8 Å². The summed E-state index contributed by atoms with van der Waals surface area (Å²) in [5, 5.41) is 4.25. The van der Waals surface area contributed by atoms with E-state index in [4.69, 9.17) is 0 Å². The Morgan fingerprint density at radius 1 is 1.06 bits per heavy atom. The fraction of sp³-hybridized carbons (Fsp3) is 0.600. The number of halogens is 9. The zero-order valence-electron chi connectivity index (χ0n) is 16.5. The Kier molecular flexibility index (Phi) is 6.54. The normalized spacial score (nSPS) is 16.1. The van der Waals surface area contributed by atoms with Gasteiger partial charge in [-0.3, -0.25) is 4.79 Å². The Bertz CT molecular complexity index is 954. The van der Waals surface area contributed by atoms with Crippen molar-refractivity contribution in [3.05, 3.63) is 35.2 Å². The number of aryl methyl sites for hydroxylation is 1. The highest BCUT2D eigenvalue weighted by Gasteiger charge is 2.56. The summed E-state index contributed by atoms with van der Waals surface area (Å²) >= 11 is 0. The van der Waals surface area contributed by atoms with Gasteiger partial charge in [0, 0.05) is 24.6 Å². The molecule has 3 rings (SSSR count). The molecule has 1 aliphatic rings. The lowest BCUT2D eigenvalue weighted by molar-refractivity contribution is -0.284. The van der Waals surface area contributed by atoms with E-state index in [0.29, 0.717) is 11.3 Å². The molecule has 0 atom stereocenters. The molecule has 0 aromatic carbocycles. The highest BCUT2D eigenvalue weighted by Crippen LogP contribution is 2.43. The van der Waals surface area contributed by atoms with Gasteiger partial charge in [-0.1, -0.05) is 6.42 Å². The van der Waals surface area contributed by atoms with Crippen LogP contribution in [0.1, 0.15) is 61.3 Å². The van der Waals surface area contributed by atoms with Crippen LogP contribution in [0.25, 0.3) is 5.52 Å². The first-order valence-corrected chi connectivity index (χ1v) is 9.91. The highest BCUT2D eigenvalue weighted by atomic mass is 19.4. The lowest BCUT2D eigenvalue weighted by Crippen LogP contribution is -2.38. The van der Waals surface area contributed by atoms with E-state index in [2.05, 4.69) is 5.10 Å². The minimum Gasteiger partial charge on any atom is -0.300 e. The Morgan fingerprint density at radius 2 is 1.69 bits per heavy atom. The largest absolute Gasteiger partial charge is 0.416 e. The first-order chi connectivity index (χ1) is 14.7. The summed E-state index contributed by atoms with van der Waals surface area (Å²) in [6.07, 6.45) is -14.4. The second-order valence-electron chi connectivity index (χ2n) is 7.96. The lowest BCUT2D eigenvalue weighted by Gasteiger charge is -2.26. The fourth-order valence-electron chi connectivity index (χ4n) is 3.82. The summed E-state index contributed by atoms with van der Waals surface area (Å²) in [7, 11) is 0. The summed E-state index contributed by atoms with van der Waals surface area (Å²) in [6, 6.07) is 1.85. The number of hydrogen-bond acceptors (Lipinski definition) is 2. The van der Waals surface area contributed by atoms with Crippen molar-refractivity contribution in [1.29, 1.82) is 0 Å². The van der Waals surface area contributed by atoms with Crippen molar-refractivity contribution in [2.24, 2.45) is 5.92 Å². The van der Waals surface area contributed by atoms with Crippen molar-refractivity contribution in [1.82, 2.24) is 9.61 Å². The Balaban J connectivity index is 1.74. The summed E-state index contributed by atoms with van der Waals surface area (Å²) in [6.45, 7) is 0. The zero-order valence-corrected chi connectivity index (χ0v) is 16.5. The van der Waals surface area contributed by atoms with Crippen LogP contribution in [0.2, 0.25) is 0 Å². The second kappa shape index (κ2) is 8.58. The standard InChI is InChI=1S/C20H19F9N2O/c21-18(22,23)12-7-8-31-15(9-12)17(11-3-1-4-11)14(30-31)6-2-5-13(32)10-16(19(24,25)26)20(27,28)29/h7-9,11,16H,1-6,10H2. The molecule has 0 unspecified atom stereocenters. The zero-order chi connectivity index (χ0) is 23.9. The molecule has 0 saturated heterocycles. The van der Waals surface area contributed by atoms with Crippen molar-refractivity contribution >= 4 is 11.3 Å². The monoisotopic (exact) mass is 474 g/mol. The predicted octanol–water partition coefficient (Wildman–Crippen LogP) is 6.64. The third-order valence-electron chi connectivity index (χ3n) is 5.68. The van der Waals surface area contributed by atoms with E-state index in [9.17, 15) is 44.3 Å². The smallest absolute Gasteiger partial charge is 0.300 e. The van der Waals surface area contributed by atoms with Crippen molar-refractivity contribution in [3.8, 4) is 0 Å². The SMILES string of the molecule is O=C(CCCc1nn2ccc(C(F)(F)F)cc2c1C1CCC1)CC(C(F)(F)F)C(F)(F)F. The van der Waals surface area contributed by atoms with Crippen LogP contribution in [0.4, 0.5) is 39.5 Å². The maximum atomic E-state index is 13.1. The van der Waals surface area contributed by atoms with Crippen LogP contribution < -0.4 is 0 Å². The predicted molar refractivity (Wildman–Crippen MR) is 94.9 cm³/mol. The molecule has 32 heavy (non-hydrogen) atoms. The molecule has 178 valence electrons. The fourth-order valence-corrected chi connectivity index (χ4v) is 3.82. The number of carbonyl (C=O) groups excluding carboxylic acids is 1. The molecule has 2 heterocycles. The van der Waals surface area contributed by atoms with E-state index in [-0.39, 0.29) is 24.3 Å². The molecule has 2 aromatic rings. The van der Waals surface area contributed by atoms with Gasteiger partial charge in [0.25, 0.3) is 0 Å². The van der Waals surface area contributed by atoms with E-state index >= 15 is 0 Å². The number of aromatic nitrogens is 2. The van der Waals surface area contributed by atoms with Crippen molar-refractivity contribution in [3.63, 3.8) is 0 Å². The lowest BCUT2D eigenvalue weighted by atomic mass is 9.78. The van der Waals surface area contributed by atoms with Gasteiger partial charge in [-0.2, -0.15) is 44.6 Å². The van der Waals surface area contributed by atoms with E-state index in [1.807, 2.05) is 0 Å². The summed E-state index contributed by atoms with van der Waals surface area (Å²) in [4.78, 5) is 11.8. The number of pyridine rings is 1. The van der Waals surface area contributed by atoms with E-state index in [0.717, 1.165) is 37.6 Å². The second-order valence-corrected chi connectivity index (χ2v) is 7.96. The number of hydrogen-bond donors (Lipinski definition) is 0. The first-order valence-electron chi connectivity index (χ1n) is 9.91. The number of Topliss-reactive ketones (excluding diaryl/α,β-unsaturated/α-hetero) is 1. The molecule has 0 spiro atoms. The summed E-state index contributed by atoms with van der Waals surface area (Å²) in [5.74, 6) is -4.93. The average Bonchev–Trinajstić information content (AvgIpc) is 2.93. The van der Waals surface area contributed by atoms with Crippen LogP contribution in [0.15, 0.2) is 18.3 Å². The third kappa shape index (κ3) is 5.37. The van der Waals surface area contributed by atoms with Crippen molar-refractivity contribution in [2.45, 2.75) is 69.4 Å². The van der Waals surface area contributed by atoms with Crippen LogP contribution in [-0.4, -0.2) is 27.7 Å². The topological polar surface area (TPSA) is 34.4 Å². The number of alkyl halides is 9. The van der Waals surface area contributed by atoms with Crippen LogP contribution in [0.3, 0.4) is 0 Å². The number of carbonyl (C=O) groups is 1. The summed E-state index contributed by atoms with van der Waals surface area (Å²) < 4.78 is 116. The van der Waals surface area contributed by atoms with Crippen molar-refractivity contribution < 1.29 is 44.3 Å². The molecule has 2 aromatic heterocycles. The average molecular weight is 474 g/mol. The maximum Gasteiger partial charge on any atom is 0.416 e. The van der Waals surface area contributed by atoms with E-state index in [1.54, 1.807) is 0 Å². The van der Waals surface area contributed by atoms with Gasteiger partial charge in [-0.05, 0) is 43.7 Å². The Morgan fingerprint density at radius 3 is 2.19 bits per heavy atom. The molecule has 0 amide bonds. The van der Waals surface area contributed by atoms with Gasteiger partial charge in [-0.25, -0.2) is 4.52 Å². The quantitative estimate of drug-likeness (QED) is 0.422. The minimum atomic E-state index is -5.58.